The van der Waals surface area contributed by atoms with Crippen LogP contribution in [-0.2, 0) is 0 Å². The van der Waals surface area contributed by atoms with Crippen molar-refractivity contribution < 1.29 is 0 Å². The van der Waals surface area contributed by atoms with E-state index < -0.39 is 0 Å². The summed E-state index contributed by atoms with van der Waals surface area (Å²) in [5, 5.41) is 0. The fourth-order valence-corrected chi connectivity index (χ4v) is 6.86. The molecule has 0 aromatic carbocycles. The number of rotatable bonds is 37. The second-order valence-corrected chi connectivity index (χ2v) is 14.0. The van der Waals surface area contributed by atoms with Crippen LogP contribution in [0.2, 0.25) is 0 Å². The largest absolute Gasteiger partial charge is 0.0654 e. The van der Waals surface area contributed by atoms with Crippen molar-refractivity contribution in [1.29, 1.82) is 0 Å². The predicted molar refractivity (Wildman–Crippen MR) is 191 cm³/mol. The summed E-state index contributed by atoms with van der Waals surface area (Å²) in [6.07, 6.45) is 54.1. The first-order valence-electron chi connectivity index (χ1n) is 20.1. The van der Waals surface area contributed by atoms with Crippen molar-refractivity contribution in [2.24, 2.45) is 5.92 Å². The van der Waals surface area contributed by atoms with E-state index in [1.165, 1.54) is 231 Å². The number of hydrogen-bond donors (Lipinski definition) is 0. The van der Waals surface area contributed by atoms with E-state index in [9.17, 15) is 0 Å². The molecule has 1 radical (unpaired) electrons. The smallest absolute Gasteiger partial charge is 0.0414 e. The summed E-state index contributed by atoms with van der Waals surface area (Å²) >= 11 is 0. The average Bonchev–Trinajstić information content (AvgIpc) is 2.98. The van der Waals surface area contributed by atoms with Gasteiger partial charge in [-0.2, -0.15) is 0 Å². The van der Waals surface area contributed by atoms with E-state index in [0.717, 1.165) is 12.3 Å². The van der Waals surface area contributed by atoms with Gasteiger partial charge in [-0.3, -0.25) is 0 Å². The summed E-state index contributed by atoms with van der Waals surface area (Å²) < 4.78 is 0. The molecule has 0 amide bonds. The van der Waals surface area contributed by atoms with Crippen molar-refractivity contribution in [2.75, 3.05) is 0 Å². The summed E-state index contributed by atoms with van der Waals surface area (Å²) in [5.74, 6) is 0.968. The third-order valence-corrected chi connectivity index (χ3v) is 9.79. The van der Waals surface area contributed by atoms with Crippen molar-refractivity contribution in [2.45, 2.75) is 251 Å². The predicted octanol–water partition coefficient (Wildman–Crippen LogP) is 15.9. The Kier molecular flexibility index (Phi) is 38.0. The van der Waals surface area contributed by atoms with E-state index in [1.54, 1.807) is 0 Å². The van der Waals surface area contributed by atoms with Crippen molar-refractivity contribution in [3.05, 3.63) is 6.92 Å². The van der Waals surface area contributed by atoms with Crippen LogP contribution in [0.1, 0.15) is 251 Å². The molecule has 0 aromatic rings. The SMILES string of the molecule is [CH2]CCC(CCCCCCCCCCCCCCCCCC)CCCCCCCCCCCCCCCCCCC. The molecule has 0 heteroatoms. The lowest BCUT2D eigenvalue weighted by Gasteiger charge is -2.16. The van der Waals surface area contributed by atoms with E-state index in [-0.39, 0.29) is 0 Å². The zero-order valence-electron chi connectivity index (χ0n) is 29.4. The average molecular weight is 576 g/mol. The second-order valence-electron chi connectivity index (χ2n) is 14.0. The van der Waals surface area contributed by atoms with Gasteiger partial charge in [0.2, 0.25) is 0 Å². The first-order chi connectivity index (χ1) is 20.3. The van der Waals surface area contributed by atoms with Crippen LogP contribution in [0.25, 0.3) is 0 Å². The Balaban J connectivity index is 3.35. The summed E-state index contributed by atoms with van der Waals surface area (Å²) in [4.78, 5) is 0. The van der Waals surface area contributed by atoms with Gasteiger partial charge in [0, 0.05) is 0 Å². The van der Waals surface area contributed by atoms with Gasteiger partial charge in [0.05, 0.1) is 0 Å². The van der Waals surface area contributed by atoms with Crippen LogP contribution < -0.4 is 0 Å². The standard InChI is InChI=1S/C41H83/c1-4-7-9-11-13-15-17-19-21-23-25-27-29-31-33-35-37-40-41(38-6-3)39-36-34-32-30-28-26-24-22-20-18-16-14-12-10-8-5-2/h41H,3-40H2,1-2H3. The zero-order chi connectivity index (χ0) is 29.7. The Labute approximate surface area is 263 Å². The van der Waals surface area contributed by atoms with Crippen molar-refractivity contribution in [3.63, 3.8) is 0 Å². The molecule has 247 valence electrons. The molecule has 0 saturated heterocycles. The Hall–Kier alpha value is 0. The second kappa shape index (κ2) is 38.0. The quantitative estimate of drug-likeness (QED) is 0.0646. The highest BCUT2D eigenvalue weighted by Gasteiger charge is 2.07. The van der Waals surface area contributed by atoms with Crippen LogP contribution in [-0.4, -0.2) is 0 Å². The minimum atomic E-state index is 0.968. The normalized spacial score (nSPS) is 12.4. The first-order valence-corrected chi connectivity index (χ1v) is 20.1. The van der Waals surface area contributed by atoms with Crippen LogP contribution in [0.15, 0.2) is 0 Å². The molecule has 0 aliphatic carbocycles. The molecule has 0 aromatic heterocycles. The van der Waals surface area contributed by atoms with Crippen LogP contribution >= 0.6 is 0 Å². The monoisotopic (exact) mass is 576 g/mol. The summed E-state index contributed by atoms with van der Waals surface area (Å²) in [6, 6.07) is 0. The van der Waals surface area contributed by atoms with Crippen molar-refractivity contribution in [3.8, 4) is 0 Å². The molecular weight excluding hydrogens is 492 g/mol. The zero-order valence-corrected chi connectivity index (χ0v) is 29.4. The Morgan fingerprint density at radius 1 is 0.268 bits per heavy atom. The van der Waals surface area contributed by atoms with Gasteiger partial charge in [-0.1, -0.05) is 258 Å². The lowest BCUT2D eigenvalue weighted by molar-refractivity contribution is 0.381. The molecule has 1 atom stereocenters. The summed E-state index contributed by atoms with van der Waals surface area (Å²) in [6.45, 7) is 8.80. The molecule has 0 nitrogen and oxygen atoms in total. The lowest BCUT2D eigenvalue weighted by atomic mass is 9.90. The molecule has 0 bridgehead atoms. The fraction of sp³-hybridized carbons (Fsp3) is 0.976. The van der Waals surface area contributed by atoms with E-state index >= 15 is 0 Å². The van der Waals surface area contributed by atoms with E-state index in [4.69, 9.17) is 0 Å². The molecule has 1 unspecified atom stereocenters. The van der Waals surface area contributed by atoms with Gasteiger partial charge >= 0.3 is 0 Å². The first kappa shape index (κ1) is 41.0. The molecule has 0 spiro atoms. The van der Waals surface area contributed by atoms with Crippen LogP contribution in [0.5, 0.6) is 0 Å². The molecule has 41 heavy (non-hydrogen) atoms. The van der Waals surface area contributed by atoms with Crippen molar-refractivity contribution in [1.82, 2.24) is 0 Å². The third-order valence-electron chi connectivity index (χ3n) is 9.79. The Bertz CT molecular complexity index is 426. The summed E-state index contributed by atoms with van der Waals surface area (Å²) in [5.41, 5.74) is 0. The van der Waals surface area contributed by atoms with Gasteiger partial charge in [0.1, 0.15) is 0 Å². The van der Waals surface area contributed by atoms with Gasteiger partial charge in [0.15, 0.2) is 0 Å². The molecule has 0 heterocycles. The number of unbranched alkanes of at least 4 members (excludes halogenated alkanes) is 31. The van der Waals surface area contributed by atoms with Gasteiger partial charge < -0.3 is 0 Å². The van der Waals surface area contributed by atoms with Gasteiger partial charge in [-0.25, -0.2) is 0 Å². The summed E-state index contributed by atoms with van der Waals surface area (Å²) in [7, 11) is 0. The minimum Gasteiger partial charge on any atom is -0.0654 e. The molecule has 0 aliphatic heterocycles. The lowest BCUT2D eigenvalue weighted by Crippen LogP contribution is -2.00. The van der Waals surface area contributed by atoms with Crippen LogP contribution in [0.4, 0.5) is 0 Å². The maximum Gasteiger partial charge on any atom is -0.0414 e. The van der Waals surface area contributed by atoms with Crippen LogP contribution in [0.3, 0.4) is 0 Å². The molecule has 0 fully saturated rings. The Morgan fingerprint density at radius 2 is 0.463 bits per heavy atom. The maximum absolute atomic E-state index is 4.18. The van der Waals surface area contributed by atoms with E-state index in [0.29, 0.717) is 0 Å². The molecule has 0 rings (SSSR count). The Morgan fingerprint density at radius 3 is 0.659 bits per heavy atom. The van der Waals surface area contributed by atoms with Gasteiger partial charge in [-0.15, -0.1) is 0 Å². The topological polar surface area (TPSA) is 0 Å². The molecule has 0 N–H and O–H groups in total. The fourth-order valence-electron chi connectivity index (χ4n) is 6.86. The molecular formula is C41H83. The van der Waals surface area contributed by atoms with Crippen LogP contribution in [0, 0.1) is 12.8 Å². The highest BCUT2D eigenvalue weighted by Crippen LogP contribution is 2.23. The number of hydrogen-bond acceptors (Lipinski definition) is 0. The van der Waals surface area contributed by atoms with Gasteiger partial charge in [0.25, 0.3) is 0 Å². The van der Waals surface area contributed by atoms with Gasteiger partial charge in [-0.05, 0) is 5.92 Å². The molecule has 0 aliphatic rings. The van der Waals surface area contributed by atoms with E-state index in [2.05, 4.69) is 20.8 Å². The highest BCUT2D eigenvalue weighted by molar-refractivity contribution is 4.62. The highest BCUT2D eigenvalue weighted by atomic mass is 14.1. The van der Waals surface area contributed by atoms with E-state index in [1.807, 2.05) is 0 Å². The maximum atomic E-state index is 4.18. The minimum absolute atomic E-state index is 0.968. The molecule has 0 saturated carbocycles. The van der Waals surface area contributed by atoms with Crippen molar-refractivity contribution >= 4 is 0 Å². The third kappa shape index (κ3) is 36.1.